The van der Waals surface area contributed by atoms with Gasteiger partial charge in [0, 0.05) is 13.6 Å². The van der Waals surface area contributed by atoms with Crippen LogP contribution in [-0.4, -0.2) is 20.7 Å². The van der Waals surface area contributed by atoms with Crippen molar-refractivity contribution in [1.29, 1.82) is 0 Å². The maximum atomic E-state index is 12.2. The fourth-order valence-electron chi connectivity index (χ4n) is 3.23. The standard InChI is InChI=1S/C20H36O2Si/c1-8-22-19(21)17(15-23(5,6)7)12-9-16-10-13-18(14-11-16)20(2,3)4/h9,12,18H,8,10-11,13-15H2,1-7H3/b16-9?,17-12+. The summed E-state index contributed by atoms with van der Waals surface area (Å²) >= 11 is 0. The molecule has 0 spiro atoms. The highest BCUT2D eigenvalue weighted by molar-refractivity contribution is 6.77. The molecule has 0 aromatic rings. The largest absolute Gasteiger partial charge is 0.463 e. The zero-order valence-electron chi connectivity index (χ0n) is 16.3. The second-order valence-corrected chi connectivity index (χ2v) is 14.6. The molecule has 1 fully saturated rings. The predicted molar refractivity (Wildman–Crippen MR) is 102 cm³/mol. The van der Waals surface area contributed by atoms with Crippen LogP contribution in [0.5, 0.6) is 0 Å². The Balaban J connectivity index is 2.78. The third-order valence-electron chi connectivity index (χ3n) is 4.63. The van der Waals surface area contributed by atoms with E-state index in [9.17, 15) is 4.79 Å². The topological polar surface area (TPSA) is 26.3 Å². The molecule has 0 N–H and O–H groups in total. The Morgan fingerprint density at radius 1 is 1.22 bits per heavy atom. The molecule has 0 saturated heterocycles. The summed E-state index contributed by atoms with van der Waals surface area (Å²) in [5.74, 6) is 0.685. The number of hydrogen-bond donors (Lipinski definition) is 0. The molecule has 0 aromatic heterocycles. The highest BCUT2D eigenvalue weighted by Gasteiger charge is 2.27. The molecule has 0 aliphatic heterocycles. The molecule has 2 nitrogen and oxygen atoms in total. The van der Waals surface area contributed by atoms with E-state index in [0.29, 0.717) is 12.0 Å². The molecule has 0 unspecified atom stereocenters. The average Bonchev–Trinajstić information content (AvgIpc) is 2.42. The van der Waals surface area contributed by atoms with Crippen LogP contribution in [0.3, 0.4) is 0 Å². The van der Waals surface area contributed by atoms with Gasteiger partial charge in [-0.25, -0.2) is 4.79 Å². The number of rotatable bonds is 5. The molecule has 23 heavy (non-hydrogen) atoms. The van der Waals surface area contributed by atoms with E-state index < -0.39 is 8.07 Å². The van der Waals surface area contributed by atoms with Gasteiger partial charge in [0.25, 0.3) is 0 Å². The van der Waals surface area contributed by atoms with Crippen LogP contribution in [0.2, 0.25) is 25.7 Å². The fourth-order valence-corrected chi connectivity index (χ4v) is 4.64. The predicted octanol–water partition coefficient (Wildman–Crippen LogP) is 5.98. The summed E-state index contributed by atoms with van der Waals surface area (Å²) in [5, 5.41) is 0. The highest BCUT2D eigenvalue weighted by Crippen LogP contribution is 2.39. The van der Waals surface area contributed by atoms with E-state index in [1.807, 2.05) is 13.0 Å². The summed E-state index contributed by atoms with van der Waals surface area (Å²) < 4.78 is 5.24. The first-order valence-corrected chi connectivity index (χ1v) is 12.8. The van der Waals surface area contributed by atoms with Crippen molar-refractivity contribution in [2.75, 3.05) is 6.61 Å². The van der Waals surface area contributed by atoms with Gasteiger partial charge in [-0.2, -0.15) is 0 Å². The summed E-state index contributed by atoms with van der Waals surface area (Å²) in [4.78, 5) is 12.2. The number of carbonyl (C=O) groups is 1. The van der Waals surface area contributed by atoms with Crippen molar-refractivity contribution < 1.29 is 9.53 Å². The molecular weight excluding hydrogens is 300 g/mol. The summed E-state index contributed by atoms with van der Waals surface area (Å²) in [6.07, 6.45) is 9.12. The van der Waals surface area contributed by atoms with Crippen LogP contribution in [0.4, 0.5) is 0 Å². The summed E-state index contributed by atoms with van der Waals surface area (Å²) in [5.41, 5.74) is 2.76. The minimum absolute atomic E-state index is 0.129. The van der Waals surface area contributed by atoms with Crippen LogP contribution in [-0.2, 0) is 9.53 Å². The molecule has 0 aromatic carbocycles. The smallest absolute Gasteiger partial charge is 0.333 e. The molecule has 0 atom stereocenters. The van der Waals surface area contributed by atoms with Gasteiger partial charge in [0.1, 0.15) is 0 Å². The van der Waals surface area contributed by atoms with Gasteiger partial charge < -0.3 is 4.74 Å². The number of esters is 1. The van der Waals surface area contributed by atoms with Gasteiger partial charge in [-0.1, -0.05) is 58.1 Å². The van der Waals surface area contributed by atoms with E-state index in [4.69, 9.17) is 4.74 Å². The van der Waals surface area contributed by atoms with E-state index in [2.05, 4.69) is 46.5 Å². The Hall–Kier alpha value is -0.833. The van der Waals surface area contributed by atoms with E-state index in [-0.39, 0.29) is 5.97 Å². The van der Waals surface area contributed by atoms with Crippen molar-refractivity contribution in [2.45, 2.75) is 79.1 Å². The van der Waals surface area contributed by atoms with Gasteiger partial charge in [-0.15, -0.1) is 0 Å². The van der Waals surface area contributed by atoms with Gasteiger partial charge >= 0.3 is 5.97 Å². The van der Waals surface area contributed by atoms with Crippen molar-refractivity contribution in [3.63, 3.8) is 0 Å². The second-order valence-electron chi connectivity index (χ2n) is 9.12. The first-order chi connectivity index (χ1) is 10.5. The van der Waals surface area contributed by atoms with Crippen molar-refractivity contribution >= 4 is 14.0 Å². The van der Waals surface area contributed by atoms with Crippen LogP contribution in [0.25, 0.3) is 0 Å². The molecule has 0 bridgehead atoms. The van der Waals surface area contributed by atoms with Gasteiger partial charge in [-0.05, 0) is 50.0 Å². The second kappa shape index (κ2) is 8.32. The monoisotopic (exact) mass is 336 g/mol. The molecule has 132 valence electrons. The molecule has 1 aliphatic rings. The highest BCUT2D eigenvalue weighted by atomic mass is 28.3. The first-order valence-electron chi connectivity index (χ1n) is 9.08. The van der Waals surface area contributed by atoms with Gasteiger partial charge in [0.15, 0.2) is 0 Å². The fraction of sp³-hybridized carbons (Fsp3) is 0.750. The van der Waals surface area contributed by atoms with E-state index in [1.165, 1.54) is 31.3 Å². The maximum Gasteiger partial charge on any atom is 0.333 e. The van der Waals surface area contributed by atoms with Crippen molar-refractivity contribution in [3.8, 4) is 0 Å². The molecule has 0 heterocycles. The summed E-state index contributed by atoms with van der Waals surface area (Å²) in [7, 11) is -1.33. The van der Waals surface area contributed by atoms with Crippen LogP contribution in [0.15, 0.2) is 23.3 Å². The van der Waals surface area contributed by atoms with E-state index >= 15 is 0 Å². The Bertz CT molecular complexity index is 451. The van der Waals surface area contributed by atoms with Crippen molar-refractivity contribution in [2.24, 2.45) is 11.3 Å². The SMILES string of the molecule is CCOC(=O)/C(=C/C=C1CCC(C(C)(C)C)CC1)C[Si](C)(C)C. The molecule has 0 amide bonds. The Kier molecular flexibility index (Phi) is 7.31. The average molecular weight is 337 g/mol. The molecular formula is C20H36O2Si. The molecule has 1 rings (SSSR count). The molecule has 0 radical (unpaired) electrons. The van der Waals surface area contributed by atoms with Crippen LogP contribution >= 0.6 is 0 Å². The normalized spacial score (nSPS) is 20.4. The lowest BCUT2D eigenvalue weighted by Gasteiger charge is -2.34. The molecule has 1 aliphatic carbocycles. The van der Waals surface area contributed by atoms with E-state index in [1.54, 1.807) is 0 Å². The Morgan fingerprint density at radius 2 is 1.78 bits per heavy atom. The van der Waals surface area contributed by atoms with Crippen LogP contribution in [0, 0.1) is 11.3 Å². The lowest BCUT2D eigenvalue weighted by Crippen LogP contribution is -2.24. The quantitative estimate of drug-likeness (QED) is 0.351. The number of carbonyl (C=O) groups excluding carboxylic acids is 1. The van der Waals surface area contributed by atoms with E-state index in [0.717, 1.165) is 17.5 Å². The van der Waals surface area contributed by atoms with Crippen LogP contribution < -0.4 is 0 Å². The number of allylic oxidation sites excluding steroid dienone is 3. The van der Waals surface area contributed by atoms with Crippen molar-refractivity contribution in [3.05, 3.63) is 23.3 Å². The first kappa shape index (κ1) is 20.2. The number of ether oxygens (including phenoxy) is 1. The summed E-state index contributed by atoms with van der Waals surface area (Å²) in [6.45, 7) is 16.2. The van der Waals surface area contributed by atoms with Gasteiger partial charge in [0.2, 0.25) is 0 Å². The third kappa shape index (κ3) is 7.52. The maximum absolute atomic E-state index is 12.2. The van der Waals surface area contributed by atoms with Gasteiger partial charge in [0.05, 0.1) is 6.61 Å². The minimum atomic E-state index is -1.33. The zero-order valence-corrected chi connectivity index (χ0v) is 17.3. The lowest BCUT2D eigenvalue weighted by atomic mass is 9.71. The Morgan fingerprint density at radius 3 is 2.22 bits per heavy atom. The van der Waals surface area contributed by atoms with Crippen LogP contribution in [0.1, 0.15) is 53.4 Å². The molecule has 1 saturated carbocycles. The molecule has 3 heteroatoms. The lowest BCUT2D eigenvalue weighted by molar-refractivity contribution is -0.138. The Labute approximate surface area is 144 Å². The minimum Gasteiger partial charge on any atom is -0.463 e. The van der Waals surface area contributed by atoms with Crippen molar-refractivity contribution in [1.82, 2.24) is 0 Å². The zero-order chi connectivity index (χ0) is 17.7. The number of hydrogen-bond acceptors (Lipinski definition) is 2. The summed E-state index contributed by atoms with van der Waals surface area (Å²) in [6, 6.07) is 0.889. The third-order valence-corrected chi connectivity index (χ3v) is 6.07. The van der Waals surface area contributed by atoms with Gasteiger partial charge in [-0.3, -0.25) is 0 Å².